The molecule has 0 spiro atoms. The van der Waals surface area contributed by atoms with E-state index < -0.39 is 5.97 Å². The number of likely N-dealkylation sites (tertiary alicyclic amines) is 1. The van der Waals surface area contributed by atoms with Gasteiger partial charge in [-0.1, -0.05) is 19.1 Å². The van der Waals surface area contributed by atoms with E-state index >= 15 is 0 Å². The minimum absolute atomic E-state index is 0.0314. The molecule has 1 fully saturated rings. The monoisotopic (exact) mass is 368 g/mol. The number of piperidine rings is 1. The van der Waals surface area contributed by atoms with Crippen LogP contribution in [0, 0.1) is 0 Å². The van der Waals surface area contributed by atoms with Crippen LogP contribution in [0.1, 0.15) is 46.9 Å². The predicted octanol–water partition coefficient (Wildman–Crippen LogP) is 3.48. The predicted molar refractivity (Wildman–Crippen MR) is 102 cm³/mol. The average Bonchev–Trinajstić information content (AvgIpc) is 2.72. The van der Waals surface area contributed by atoms with Crippen molar-refractivity contribution in [3.63, 3.8) is 0 Å². The van der Waals surface area contributed by atoms with E-state index in [9.17, 15) is 9.59 Å². The number of aromatic carboxylic acids is 1. The van der Waals surface area contributed by atoms with Gasteiger partial charge in [0.2, 0.25) is 0 Å². The van der Waals surface area contributed by atoms with Gasteiger partial charge < -0.3 is 14.7 Å². The van der Waals surface area contributed by atoms with Gasteiger partial charge in [0.25, 0.3) is 5.91 Å². The molecule has 0 bridgehead atoms. The van der Waals surface area contributed by atoms with E-state index in [-0.39, 0.29) is 17.6 Å². The van der Waals surface area contributed by atoms with Crippen LogP contribution in [0.3, 0.4) is 0 Å². The first-order valence-electron chi connectivity index (χ1n) is 9.29. The van der Waals surface area contributed by atoms with E-state index in [4.69, 9.17) is 9.84 Å². The Morgan fingerprint density at radius 1 is 1.26 bits per heavy atom. The average molecular weight is 368 g/mol. The third-order valence-electron chi connectivity index (χ3n) is 4.64. The summed E-state index contributed by atoms with van der Waals surface area (Å²) in [6.07, 6.45) is 4.44. The minimum Gasteiger partial charge on any atom is -0.478 e. The molecule has 2 aromatic rings. The van der Waals surface area contributed by atoms with Crippen molar-refractivity contribution in [1.29, 1.82) is 0 Å². The second-order valence-electron chi connectivity index (χ2n) is 6.70. The van der Waals surface area contributed by atoms with Crippen LogP contribution in [0.5, 0.6) is 0 Å². The molecule has 1 aliphatic heterocycles. The molecule has 0 saturated carbocycles. The molecule has 2 heterocycles. The molecule has 1 N–H and O–H groups in total. The number of aromatic nitrogens is 1. The van der Waals surface area contributed by atoms with Crippen LogP contribution in [0.15, 0.2) is 42.6 Å². The van der Waals surface area contributed by atoms with Crippen LogP contribution in [-0.2, 0) is 4.74 Å². The summed E-state index contributed by atoms with van der Waals surface area (Å²) in [6, 6.07) is 10.1. The van der Waals surface area contributed by atoms with Crippen molar-refractivity contribution in [2.75, 3.05) is 19.7 Å². The maximum absolute atomic E-state index is 12.9. The third kappa shape index (κ3) is 4.71. The molecule has 1 aliphatic rings. The number of carboxylic acid groups (broad SMARTS) is 1. The zero-order valence-electron chi connectivity index (χ0n) is 15.4. The van der Waals surface area contributed by atoms with Gasteiger partial charge in [-0.3, -0.25) is 9.78 Å². The summed E-state index contributed by atoms with van der Waals surface area (Å²) >= 11 is 0. The number of carbonyl (C=O) groups is 2. The molecule has 6 nitrogen and oxygen atoms in total. The minimum atomic E-state index is -1.00. The van der Waals surface area contributed by atoms with E-state index in [1.807, 2.05) is 11.0 Å². The highest BCUT2D eigenvalue weighted by Crippen LogP contribution is 2.22. The number of hydrogen-bond donors (Lipinski definition) is 1. The van der Waals surface area contributed by atoms with Crippen molar-refractivity contribution in [2.45, 2.75) is 32.3 Å². The maximum atomic E-state index is 12.9. The SMILES string of the molecule is CCCOC1CCCN(C(=O)c2cccc(-c3cc(C(=O)O)ccn3)c2)C1. The molecule has 1 atom stereocenters. The Balaban J connectivity index is 1.78. The highest BCUT2D eigenvalue weighted by Gasteiger charge is 2.25. The van der Waals surface area contributed by atoms with E-state index in [0.717, 1.165) is 31.4 Å². The molecule has 0 radical (unpaired) electrons. The van der Waals surface area contributed by atoms with Gasteiger partial charge in [0.15, 0.2) is 0 Å². The number of carbonyl (C=O) groups excluding carboxylic acids is 1. The molecule has 27 heavy (non-hydrogen) atoms. The first kappa shape index (κ1) is 19.0. The number of amides is 1. The van der Waals surface area contributed by atoms with Crippen LogP contribution in [0.4, 0.5) is 0 Å². The number of benzene rings is 1. The lowest BCUT2D eigenvalue weighted by atomic mass is 10.0. The van der Waals surface area contributed by atoms with Crippen molar-refractivity contribution < 1.29 is 19.4 Å². The van der Waals surface area contributed by atoms with Gasteiger partial charge in [0.05, 0.1) is 17.4 Å². The highest BCUT2D eigenvalue weighted by atomic mass is 16.5. The summed E-state index contributed by atoms with van der Waals surface area (Å²) in [5, 5.41) is 9.16. The number of rotatable bonds is 6. The Morgan fingerprint density at radius 3 is 2.89 bits per heavy atom. The summed E-state index contributed by atoms with van der Waals surface area (Å²) in [6.45, 7) is 4.12. The fourth-order valence-electron chi connectivity index (χ4n) is 3.26. The van der Waals surface area contributed by atoms with Gasteiger partial charge in [0, 0.05) is 37.0 Å². The van der Waals surface area contributed by atoms with Crippen molar-refractivity contribution in [2.24, 2.45) is 0 Å². The largest absolute Gasteiger partial charge is 0.478 e. The maximum Gasteiger partial charge on any atom is 0.335 e. The lowest BCUT2D eigenvalue weighted by Gasteiger charge is -2.32. The summed E-state index contributed by atoms with van der Waals surface area (Å²) < 4.78 is 5.82. The first-order chi connectivity index (χ1) is 13.1. The Morgan fingerprint density at radius 2 is 2.11 bits per heavy atom. The topological polar surface area (TPSA) is 79.7 Å². The zero-order valence-corrected chi connectivity index (χ0v) is 15.4. The van der Waals surface area contributed by atoms with Crippen LogP contribution in [0.2, 0.25) is 0 Å². The molecule has 1 amide bonds. The molecular weight excluding hydrogens is 344 g/mol. The molecule has 0 aliphatic carbocycles. The van der Waals surface area contributed by atoms with Gasteiger partial charge in [-0.25, -0.2) is 4.79 Å². The van der Waals surface area contributed by atoms with E-state index in [1.165, 1.54) is 18.3 Å². The van der Waals surface area contributed by atoms with Gasteiger partial charge in [0.1, 0.15) is 0 Å². The van der Waals surface area contributed by atoms with Crippen LogP contribution in [0.25, 0.3) is 11.3 Å². The van der Waals surface area contributed by atoms with E-state index in [2.05, 4.69) is 11.9 Å². The second-order valence-corrected chi connectivity index (χ2v) is 6.70. The third-order valence-corrected chi connectivity index (χ3v) is 4.64. The van der Waals surface area contributed by atoms with Crippen LogP contribution in [-0.4, -0.2) is 52.7 Å². The molecule has 6 heteroatoms. The number of nitrogens with zero attached hydrogens (tertiary/aromatic N) is 2. The molecule has 1 aromatic carbocycles. The summed E-state index contributed by atoms with van der Waals surface area (Å²) in [7, 11) is 0. The fraction of sp³-hybridized carbons (Fsp3) is 0.381. The van der Waals surface area contributed by atoms with Crippen molar-refractivity contribution >= 4 is 11.9 Å². The fourth-order valence-corrected chi connectivity index (χ4v) is 3.26. The number of carboxylic acids is 1. The Kier molecular flexibility index (Phi) is 6.19. The number of pyridine rings is 1. The summed E-state index contributed by atoms with van der Waals surface area (Å²) in [5.41, 5.74) is 2.00. The quantitative estimate of drug-likeness (QED) is 0.844. The lowest BCUT2D eigenvalue weighted by molar-refractivity contribution is 0.00211. The summed E-state index contributed by atoms with van der Waals surface area (Å²) in [4.78, 5) is 30.2. The lowest BCUT2D eigenvalue weighted by Crippen LogP contribution is -2.43. The highest BCUT2D eigenvalue weighted by molar-refractivity contribution is 5.95. The van der Waals surface area contributed by atoms with Crippen molar-refractivity contribution in [1.82, 2.24) is 9.88 Å². The van der Waals surface area contributed by atoms with E-state index in [1.54, 1.807) is 18.2 Å². The van der Waals surface area contributed by atoms with Gasteiger partial charge in [-0.2, -0.15) is 0 Å². The van der Waals surface area contributed by atoms with Gasteiger partial charge in [-0.15, -0.1) is 0 Å². The van der Waals surface area contributed by atoms with Gasteiger partial charge >= 0.3 is 5.97 Å². The Labute approximate surface area is 158 Å². The Hall–Kier alpha value is -2.73. The molecule has 1 aromatic heterocycles. The van der Waals surface area contributed by atoms with Gasteiger partial charge in [-0.05, 0) is 43.5 Å². The smallest absolute Gasteiger partial charge is 0.335 e. The van der Waals surface area contributed by atoms with Crippen molar-refractivity contribution in [3.05, 3.63) is 53.7 Å². The number of ether oxygens (including phenoxy) is 1. The molecule has 3 rings (SSSR count). The van der Waals surface area contributed by atoms with E-state index in [0.29, 0.717) is 24.4 Å². The zero-order chi connectivity index (χ0) is 19.2. The summed E-state index contributed by atoms with van der Waals surface area (Å²) in [5.74, 6) is -1.03. The van der Waals surface area contributed by atoms with Crippen LogP contribution < -0.4 is 0 Å². The van der Waals surface area contributed by atoms with Crippen molar-refractivity contribution in [3.8, 4) is 11.3 Å². The van der Waals surface area contributed by atoms with Crippen LogP contribution >= 0.6 is 0 Å². The molecular formula is C21H24N2O4. The molecule has 1 saturated heterocycles. The molecule has 142 valence electrons. The second kappa shape index (κ2) is 8.77. The standard InChI is InChI=1S/C21H24N2O4/c1-2-11-27-18-7-4-10-23(14-18)20(24)16-6-3-5-15(12-16)19-13-17(21(25)26)8-9-22-19/h3,5-6,8-9,12-13,18H,2,4,7,10-11,14H2,1H3,(H,25,26). The molecule has 1 unspecified atom stereocenters. The Bertz CT molecular complexity index is 821. The normalized spacial score (nSPS) is 16.9. The number of hydrogen-bond acceptors (Lipinski definition) is 4. The first-order valence-corrected chi connectivity index (χ1v) is 9.29.